The van der Waals surface area contributed by atoms with E-state index in [0.29, 0.717) is 41.8 Å². The van der Waals surface area contributed by atoms with Crippen LogP contribution in [0.2, 0.25) is 0 Å². The average molecular weight is 625 g/mol. The summed E-state index contributed by atoms with van der Waals surface area (Å²) < 4.78 is 27.9. The second kappa shape index (κ2) is 23.8. The highest BCUT2D eigenvalue weighted by Gasteiger charge is 2.30. The Hall–Kier alpha value is -2.54. The van der Waals surface area contributed by atoms with Gasteiger partial charge in [0.1, 0.15) is 11.6 Å². The standard InChI is InChI=1S/C27H37NO.C6H12FN.C3H6O.CH4.F2.2H2/c1-5-9-26-21(4)20(3)18-28-27(26)24-13-8-11-22(16-24)17-25(29)15-14-23-12-7-6-10-19(23)2;7-5-6-1-3-8-4-2-6;1-3(2)4;;1-2;;/h5-7,9-10,12,18,20-22,24H,8,11,13-17H2,1-4H3;6,8H,1-5H2;1-2H3;1H4;;2*1H/b9-5-;;;;;;/t20?,21?,22-,24?;;;;;;/m1....../s1. The normalized spacial score (nSPS) is 23.2. The molecule has 44 heavy (non-hydrogen) atoms. The van der Waals surface area contributed by atoms with E-state index in [1.54, 1.807) is 0 Å². The fourth-order valence-electron chi connectivity index (χ4n) is 6.03. The molecule has 3 aliphatic rings. The molecule has 1 saturated heterocycles. The molecule has 4 nitrogen and oxygen atoms in total. The second-order valence-electron chi connectivity index (χ2n) is 12.4. The van der Waals surface area contributed by atoms with Crippen LogP contribution in [-0.2, 0) is 16.0 Å². The molecule has 1 aromatic rings. The average Bonchev–Trinajstić information content (AvgIpc) is 3.01. The number of rotatable bonds is 8. The third-order valence-electron chi connectivity index (χ3n) is 8.67. The molecular formula is C37H63F3N2O2. The number of halogens is 3. The van der Waals surface area contributed by atoms with Crippen molar-refractivity contribution in [2.24, 2.45) is 34.6 Å². The zero-order valence-electron chi connectivity index (χ0n) is 27.3. The first-order valence-electron chi connectivity index (χ1n) is 16.0. The Morgan fingerprint density at radius 2 is 1.68 bits per heavy atom. The molecule has 1 aromatic carbocycles. The van der Waals surface area contributed by atoms with Gasteiger partial charge in [-0.1, -0.05) is 64.1 Å². The molecule has 3 unspecified atom stereocenters. The van der Waals surface area contributed by atoms with Crippen LogP contribution >= 0.6 is 0 Å². The molecule has 2 fully saturated rings. The van der Waals surface area contributed by atoms with Crippen LogP contribution in [0.1, 0.15) is 107 Å². The Kier molecular flexibility index (Phi) is 22.4. The van der Waals surface area contributed by atoms with Gasteiger partial charge in [0.05, 0.1) is 6.67 Å². The molecule has 1 aliphatic carbocycles. The van der Waals surface area contributed by atoms with Gasteiger partial charge in [0.15, 0.2) is 0 Å². The lowest BCUT2D eigenvalue weighted by Crippen LogP contribution is -2.28. The summed E-state index contributed by atoms with van der Waals surface area (Å²) in [5.74, 6) is 2.99. The quantitative estimate of drug-likeness (QED) is 0.313. The zero-order valence-corrected chi connectivity index (χ0v) is 27.3. The zero-order chi connectivity index (χ0) is 32.2. The smallest absolute Gasteiger partial charge is 0.133 e. The van der Waals surface area contributed by atoms with Crippen LogP contribution in [0.25, 0.3) is 0 Å². The van der Waals surface area contributed by atoms with Crippen molar-refractivity contribution < 1.29 is 26.0 Å². The van der Waals surface area contributed by atoms with E-state index >= 15 is 0 Å². The van der Waals surface area contributed by atoms with E-state index in [1.807, 2.05) is 0 Å². The number of Topliss-reactive ketones (excluding diaryl/α,β-unsaturated/α-hetero) is 2. The third-order valence-corrected chi connectivity index (χ3v) is 8.67. The number of aliphatic imine (C=N–C) groups is 1. The van der Waals surface area contributed by atoms with Gasteiger partial charge in [-0.3, -0.25) is 14.2 Å². The van der Waals surface area contributed by atoms with Crippen LogP contribution in [0, 0.1) is 36.5 Å². The maximum Gasteiger partial charge on any atom is 0.133 e. The number of hydrogen-bond acceptors (Lipinski definition) is 4. The van der Waals surface area contributed by atoms with Crippen LogP contribution in [0.5, 0.6) is 0 Å². The number of benzene rings is 1. The van der Waals surface area contributed by atoms with Crippen molar-refractivity contribution >= 4 is 17.8 Å². The van der Waals surface area contributed by atoms with Crippen LogP contribution in [-0.4, -0.2) is 37.5 Å². The molecule has 0 aromatic heterocycles. The van der Waals surface area contributed by atoms with Gasteiger partial charge in [-0.15, -0.1) is 0 Å². The van der Waals surface area contributed by atoms with Gasteiger partial charge in [0, 0.05) is 42.7 Å². The summed E-state index contributed by atoms with van der Waals surface area (Å²) >= 11 is 0. The number of alkyl halides is 1. The topological polar surface area (TPSA) is 58.5 Å². The van der Waals surface area contributed by atoms with E-state index in [0.717, 1.165) is 45.2 Å². The molecule has 4 rings (SSSR count). The molecule has 0 amide bonds. The highest BCUT2D eigenvalue weighted by atomic mass is 20.0. The summed E-state index contributed by atoms with van der Waals surface area (Å²) in [4.78, 5) is 27.0. The Morgan fingerprint density at radius 3 is 2.25 bits per heavy atom. The highest BCUT2D eigenvalue weighted by Crippen LogP contribution is 2.41. The van der Waals surface area contributed by atoms with E-state index in [-0.39, 0.29) is 22.7 Å². The number of hydrogen-bond donors (Lipinski definition) is 1. The van der Waals surface area contributed by atoms with Crippen molar-refractivity contribution in [1.82, 2.24) is 5.32 Å². The van der Waals surface area contributed by atoms with Crippen molar-refractivity contribution in [3.8, 4) is 0 Å². The monoisotopic (exact) mass is 624 g/mol. The van der Waals surface area contributed by atoms with Gasteiger partial charge in [-0.05, 0) is 120 Å². The van der Waals surface area contributed by atoms with Crippen LogP contribution < -0.4 is 5.32 Å². The summed E-state index contributed by atoms with van der Waals surface area (Å²) in [7, 11) is 0. The van der Waals surface area contributed by atoms with E-state index in [1.165, 1.54) is 55.5 Å². The summed E-state index contributed by atoms with van der Waals surface area (Å²) in [5, 5.41) is 3.18. The highest BCUT2D eigenvalue weighted by molar-refractivity contribution is 5.79. The number of ketones is 2. The fourth-order valence-corrected chi connectivity index (χ4v) is 6.03. The molecule has 0 spiro atoms. The molecule has 254 valence electrons. The Labute approximate surface area is 268 Å². The summed E-state index contributed by atoms with van der Waals surface area (Å²) in [5.41, 5.74) is 5.31. The molecule has 1 saturated carbocycles. The minimum atomic E-state index is -0.123. The number of piperidine rings is 1. The first-order valence-corrected chi connectivity index (χ1v) is 16.0. The lowest BCUT2D eigenvalue weighted by Gasteiger charge is -2.33. The largest absolute Gasteiger partial charge is 0.317 e. The second-order valence-corrected chi connectivity index (χ2v) is 12.4. The van der Waals surface area contributed by atoms with Gasteiger partial charge >= 0.3 is 0 Å². The first-order chi connectivity index (χ1) is 20.7. The maximum atomic E-state index is 12.7. The number of aryl methyl sites for hydroxylation is 2. The number of nitrogens with one attached hydrogen (secondary N) is 1. The molecule has 0 bridgehead atoms. The Balaban J connectivity index is -0.000000915. The Bertz CT molecular complexity index is 1050. The summed E-state index contributed by atoms with van der Waals surface area (Å²) in [6, 6.07) is 8.42. The van der Waals surface area contributed by atoms with Crippen molar-refractivity contribution in [2.75, 3.05) is 19.8 Å². The van der Waals surface area contributed by atoms with Crippen molar-refractivity contribution in [3.63, 3.8) is 0 Å². The fraction of sp³-hybridized carbons (Fsp3) is 0.649. The third kappa shape index (κ3) is 15.5. The maximum absolute atomic E-state index is 12.7. The molecular weight excluding hydrogens is 561 g/mol. The van der Waals surface area contributed by atoms with E-state index in [2.05, 4.69) is 75.6 Å². The molecule has 2 heterocycles. The van der Waals surface area contributed by atoms with Gasteiger partial charge in [-0.25, -0.2) is 0 Å². The van der Waals surface area contributed by atoms with Crippen molar-refractivity contribution in [1.29, 1.82) is 0 Å². The van der Waals surface area contributed by atoms with Gasteiger partial charge in [0.25, 0.3) is 0 Å². The minimum Gasteiger partial charge on any atom is -0.317 e. The molecule has 7 heteroatoms. The number of carbonyl (C=O) groups excluding carboxylic acids is 2. The number of nitrogens with zero attached hydrogens (tertiary/aromatic N) is 1. The number of carbonyl (C=O) groups is 2. The van der Waals surface area contributed by atoms with Crippen molar-refractivity contribution in [3.05, 3.63) is 58.8 Å². The summed E-state index contributed by atoms with van der Waals surface area (Å²) in [6.07, 6.45) is 15.6. The van der Waals surface area contributed by atoms with Crippen LogP contribution in [0.15, 0.2) is 52.7 Å². The lowest BCUT2D eigenvalue weighted by molar-refractivity contribution is -0.120. The predicted octanol–water partition coefficient (Wildman–Crippen LogP) is 10.4. The van der Waals surface area contributed by atoms with E-state index < -0.39 is 0 Å². The predicted molar refractivity (Wildman–Crippen MR) is 184 cm³/mol. The van der Waals surface area contributed by atoms with Gasteiger partial charge < -0.3 is 10.1 Å². The van der Waals surface area contributed by atoms with Gasteiger partial charge in [0.2, 0.25) is 0 Å². The number of allylic oxidation sites excluding steroid dienone is 4. The molecule has 0 radical (unpaired) electrons. The lowest BCUT2D eigenvalue weighted by atomic mass is 9.74. The first kappa shape index (κ1) is 41.5. The van der Waals surface area contributed by atoms with Crippen molar-refractivity contribution in [2.45, 2.75) is 107 Å². The van der Waals surface area contributed by atoms with Crippen LogP contribution in [0.3, 0.4) is 0 Å². The van der Waals surface area contributed by atoms with E-state index in [9.17, 15) is 14.0 Å². The molecule has 2 aliphatic heterocycles. The van der Waals surface area contributed by atoms with E-state index in [4.69, 9.17) is 14.1 Å². The molecule has 4 atom stereocenters. The minimum absolute atomic E-state index is 0. The van der Waals surface area contributed by atoms with Crippen LogP contribution in [0.4, 0.5) is 13.5 Å². The van der Waals surface area contributed by atoms with Gasteiger partial charge in [-0.2, -0.15) is 0 Å². The molecule has 1 N–H and O–H groups in total. The summed E-state index contributed by atoms with van der Waals surface area (Å²) in [6.45, 7) is 13.8. The Morgan fingerprint density at radius 1 is 1.05 bits per heavy atom. The SMILES string of the molecule is C.C/C=C\C1=C(C2CCC[C@@H](CC(=O)CCc3ccccc3C)C2)N=CC(C)C1C.CC(C)=O.FCC1CCNCC1.FF.[HH].[HH].